The maximum atomic E-state index is 10.2. The molecule has 0 bridgehead atoms. The lowest BCUT2D eigenvalue weighted by Crippen LogP contribution is -2.19. The highest BCUT2D eigenvalue weighted by Gasteiger charge is 2.10. The minimum atomic E-state index is -1.37. The minimum absolute atomic E-state index is 0.554. The van der Waals surface area contributed by atoms with Crippen molar-refractivity contribution in [3.05, 3.63) is 23.8 Å². The molecule has 0 saturated heterocycles. The number of anilines is 1. The van der Waals surface area contributed by atoms with E-state index in [0.717, 1.165) is 5.56 Å². The first kappa shape index (κ1) is 11.2. The molecule has 5 nitrogen and oxygen atoms in total. The molecule has 0 fully saturated rings. The number of nitrogen functional groups attached to an aromatic ring is 1. The molecule has 1 aromatic carbocycles. The van der Waals surface area contributed by atoms with E-state index in [1.165, 1.54) is 6.92 Å². The summed E-state index contributed by atoms with van der Waals surface area (Å²) < 4.78 is 9.65. The highest BCUT2D eigenvalue weighted by Crippen LogP contribution is 2.21. The summed E-state index contributed by atoms with van der Waals surface area (Å²) in [6.07, 6.45) is -2.21. The summed E-state index contributed by atoms with van der Waals surface area (Å²) >= 11 is 0. The lowest BCUT2D eigenvalue weighted by Gasteiger charge is -2.15. The molecular weight excluding hydrogens is 198 g/mol. The van der Waals surface area contributed by atoms with Gasteiger partial charge in [-0.05, 0) is 30.7 Å². The smallest absolute Gasteiger partial charge is 0.455 e. The van der Waals surface area contributed by atoms with Crippen LogP contribution < -0.4 is 10.5 Å². The normalized spacial score (nSPS) is 11.9. The van der Waals surface area contributed by atoms with Gasteiger partial charge in [-0.3, -0.25) is 0 Å². The van der Waals surface area contributed by atoms with Crippen LogP contribution in [-0.2, 0) is 4.74 Å². The van der Waals surface area contributed by atoms with Gasteiger partial charge in [-0.1, -0.05) is 0 Å². The van der Waals surface area contributed by atoms with Gasteiger partial charge in [-0.2, -0.15) is 0 Å². The zero-order valence-electron chi connectivity index (χ0n) is 8.56. The largest absolute Gasteiger partial charge is 0.508 e. The summed E-state index contributed by atoms with van der Waals surface area (Å²) in [5, 5.41) is 8.35. The Morgan fingerprint density at radius 3 is 2.73 bits per heavy atom. The second-order valence-corrected chi connectivity index (χ2v) is 3.09. The van der Waals surface area contributed by atoms with E-state index in [9.17, 15) is 4.79 Å². The fourth-order valence-electron chi connectivity index (χ4n) is 1.15. The monoisotopic (exact) mass is 211 g/mol. The number of benzene rings is 1. The van der Waals surface area contributed by atoms with Crippen molar-refractivity contribution in [2.24, 2.45) is 0 Å². The first-order valence-electron chi connectivity index (χ1n) is 4.41. The van der Waals surface area contributed by atoms with Gasteiger partial charge in [0.2, 0.25) is 6.29 Å². The maximum Gasteiger partial charge on any atom is 0.508 e. The van der Waals surface area contributed by atoms with Crippen molar-refractivity contribution in [2.45, 2.75) is 20.1 Å². The van der Waals surface area contributed by atoms with Crippen molar-refractivity contribution in [3.63, 3.8) is 0 Å². The summed E-state index contributed by atoms with van der Waals surface area (Å²) in [7, 11) is 0. The van der Waals surface area contributed by atoms with E-state index in [1.807, 2.05) is 6.92 Å². The van der Waals surface area contributed by atoms with Crippen LogP contribution in [0, 0.1) is 6.92 Å². The van der Waals surface area contributed by atoms with E-state index in [4.69, 9.17) is 15.6 Å². The third kappa shape index (κ3) is 3.38. The number of rotatable bonds is 3. The molecule has 0 saturated carbocycles. The van der Waals surface area contributed by atoms with Crippen molar-refractivity contribution in [1.82, 2.24) is 0 Å². The predicted octanol–water partition coefficient (Wildman–Crippen LogP) is 2.00. The average Bonchev–Trinajstić information content (AvgIpc) is 2.08. The fourth-order valence-corrected chi connectivity index (χ4v) is 1.15. The van der Waals surface area contributed by atoms with E-state index >= 15 is 0 Å². The number of aryl methyl sites for hydroxylation is 1. The molecule has 15 heavy (non-hydrogen) atoms. The van der Waals surface area contributed by atoms with Crippen LogP contribution in [-0.4, -0.2) is 17.6 Å². The Kier molecular flexibility index (Phi) is 3.38. The van der Waals surface area contributed by atoms with Crippen molar-refractivity contribution in [1.29, 1.82) is 0 Å². The zero-order chi connectivity index (χ0) is 11.4. The number of carbonyl (C=O) groups is 1. The minimum Gasteiger partial charge on any atom is -0.455 e. The average molecular weight is 211 g/mol. The van der Waals surface area contributed by atoms with Crippen molar-refractivity contribution in [3.8, 4) is 5.75 Å². The summed E-state index contributed by atoms with van der Waals surface area (Å²) in [6, 6.07) is 5.09. The van der Waals surface area contributed by atoms with Crippen LogP contribution in [0.15, 0.2) is 18.2 Å². The molecule has 1 atom stereocenters. The topological polar surface area (TPSA) is 81.8 Å². The molecule has 3 N–H and O–H groups in total. The molecule has 1 aromatic rings. The van der Waals surface area contributed by atoms with Crippen LogP contribution in [0.5, 0.6) is 5.75 Å². The first-order chi connectivity index (χ1) is 6.99. The van der Waals surface area contributed by atoms with Crippen LogP contribution >= 0.6 is 0 Å². The molecule has 0 aliphatic heterocycles. The maximum absolute atomic E-state index is 10.2. The van der Waals surface area contributed by atoms with E-state index < -0.39 is 12.4 Å². The van der Waals surface area contributed by atoms with Gasteiger partial charge in [0.25, 0.3) is 0 Å². The third-order valence-electron chi connectivity index (χ3n) is 1.76. The van der Waals surface area contributed by atoms with E-state index in [2.05, 4.69) is 4.74 Å². The molecule has 0 radical (unpaired) electrons. The Morgan fingerprint density at radius 2 is 2.20 bits per heavy atom. The Bertz CT molecular complexity index is 364. The lowest BCUT2D eigenvalue weighted by atomic mass is 10.2. The molecular formula is C10H13NO4. The lowest BCUT2D eigenvalue weighted by molar-refractivity contribution is -0.0409. The Hall–Kier alpha value is -1.91. The van der Waals surface area contributed by atoms with Crippen molar-refractivity contribution in [2.75, 3.05) is 5.73 Å². The number of hydrogen-bond donors (Lipinski definition) is 2. The van der Waals surface area contributed by atoms with Crippen molar-refractivity contribution >= 4 is 11.8 Å². The first-order valence-corrected chi connectivity index (χ1v) is 4.41. The molecule has 0 aliphatic carbocycles. The summed E-state index contributed by atoms with van der Waals surface area (Å²) in [6.45, 7) is 3.32. The molecule has 1 unspecified atom stereocenters. The van der Waals surface area contributed by atoms with Crippen LogP contribution in [0.2, 0.25) is 0 Å². The van der Waals surface area contributed by atoms with Gasteiger partial charge in [0, 0.05) is 12.6 Å². The quantitative estimate of drug-likeness (QED) is 0.454. The van der Waals surface area contributed by atoms with Crippen molar-refractivity contribution < 1.29 is 19.4 Å². The van der Waals surface area contributed by atoms with Gasteiger partial charge in [-0.25, -0.2) is 4.79 Å². The molecule has 0 spiro atoms. The van der Waals surface area contributed by atoms with E-state index in [0.29, 0.717) is 11.4 Å². The van der Waals surface area contributed by atoms with Crippen LogP contribution in [0.1, 0.15) is 12.5 Å². The van der Waals surface area contributed by atoms with Gasteiger partial charge < -0.3 is 20.3 Å². The SMILES string of the molecule is Cc1cc(N)ccc1OC(C)OC(=O)O. The van der Waals surface area contributed by atoms with Gasteiger partial charge in [-0.15, -0.1) is 0 Å². The van der Waals surface area contributed by atoms with Gasteiger partial charge in [0.15, 0.2) is 0 Å². The Labute approximate surface area is 87.4 Å². The Morgan fingerprint density at radius 1 is 1.53 bits per heavy atom. The van der Waals surface area contributed by atoms with Crippen LogP contribution in [0.25, 0.3) is 0 Å². The zero-order valence-corrected chi connectivity index (χ0v) is 8.56. The van der Waals surface area contributed by atoms with Crippen LogP contribution in [0.3, 0.4) is 0 Å². The standard InChI is InChI=1S/C10H13NO4/c1-6-5-8(11)3-4-9(6)14-7(2)15-10(12)13/h3-5,7H,11H2,1-2H3,(H,12,13). The Balaban J connectivity index is 2.68. The van der Waals surface area contributed by atoms with Gasteiger partial charge in [0.05, 0.1) is 0 Å². The molecule has 5 heteroatoms. The predicted molar refractivity (Wildman–Crippen MR) is 54.8 cm³/mol. The number of ether oxygens (including phenoxy) is 2. The summed E-state index contributed by atoms with van der Waals surface area (Å²) in [5.74, 6) is 0.554. The molecule has 0 aliphatic rings. The second kappa shape index (κ2) is 4.54. The van der Waals surface area contributed by atoms with Crippen LogP contribution in [0.4, 0.5) is 10.5 Å². The van der Waals surface area contributed by atoms with Gasteiger partial charge in [0.1, 0.15) is 5.75 Å². The number of hydrogen-bond acceptors (Lipinski definition) is 4. The number of carboxylic acid groups (broad SMARTS) is 1. The fraction of sp³-hybridized carbons (Fsp3) is 0.300. The highest BCUT2D eigenvalue weighted by atomic mass is 16.8. The second-order valence-electron chi connectivity index (χ2n) is 3.09. The number of nitrogens with two attached hydrogens (primary N) is 1. The third-order valence-corrected chi connectivity index (χ3v) is 1.76. The summed E-state index contributed by atoms with van der Waals surface area (Å²) in [4.78, 5) is 10.2. The molecule has 82 valence electrons. The molecule has 1 rings (SSSR count). The summed E-state index contributed by atoms with van der Waals surface area (Å²) in [5.41, 5.74) is 7.02. The van der Waals surface area contributed by atoms with Gasteiger partial charge >= 0.3 is 6.16 Å². The molecule has 0 aromatic heterocycles. The molecule has 0 heterocycles. The molecule has 0 amide bonds. The van der Waals surface area contributed by atoms with E-state index in [1.54, 1.807) is 18.2 Å². The highest BCUT2D eigenvalue weighted by molar-refractivity contribution is 5.57. The van der Waals surface area contributed by atoms with E-state index in [-0.39, 0.29) is 0 Å².